The Morgan fingerprint density at radius 1 is 1.43 bits per heavy atom. The van der Waals surface area contributed by atoms with Crippen LogP contribution in [0.1, 0.15) is 16.8 Å². The number of nitrogens with zero attached hydrogens (tertiary/aromatic N) is 2. The minimum atomic E-state index is -4.56. The topological polar surface area (TPSA) is 59.5 Å². The molecular formula is C12H12BrF3N2O3. The van der Waals surface area contributed by atoms with Gasteiger partial charge in [0, 0.05) is 18.3 Å². The van der Waals surface area contributed by atoms with E-state index < -0.39 is 24.6 Å². The third kappa shape index (κ3) is 6.11. The van der Waals surface area contributed by atoms with E-state index >= 15 is 0 Å². The zero-order valence-corrected chi connectivity index (χ0v) is 12.6. The van der Waals surface area contributed by atoms with Crippen molar-refractivity contribution in [1.82, 2.24) is 9.88 Å². The lowest BCUT2D eigenvalue weighted by Crippen LogP contribution is -2.40. The van der Waals surface area contributed by atoms with Crippen LogP contribution in [0.25, 0.3) is 0 Å². The van der Waals surface area contributed by atoms with Crippen LogP contribution >= 0.6 is 15.9 Å². The molecule has 0 atom stereocenters. The molecule has 0 spiro atoms. The normalized spacial score (nSPS) is 11.1. The minimum Gasteiger partial charge on any atom is -0.469 e. The molecule has 0 unspecified atom stereocenters. The van der Waals surface area contributed by atoms with E-state index in [0.717, 1.165) is 7.11 Å². The second kappa shape index (κ2) is 7.39. The van der Waals surface area contributed by atoms with Crippen LogP contribution in [-0.2, 0) is 9.53 Å². The number of pyridine rings is 1. The van der Waals surface area contributed by atoms with Gasteiger partial charge in [0.25, 0.3) is 5.91 Å². The monoisotopic (exact) mass is 368 g/mol. The Kier molecular flexibility index (Phi) is 6.13. The van der Waals surface area contributed by atoms with Gasteiger partial charge in [0.1, 0.15) is 11.1 Å². The molecule has 0 N–H and O–H groups in total. The number of alkyl halides is 3. The molecule has 21 heavy (non-hydrogen) atoms. The molecule has 0 fully saturated rings. The van der Waals surface area contributed by atoms with Crippen molar-refractivity contribution in [3.8, 4) is 0 Å². The van der Waals surface area contributed by atoms with Gasteiger partial charge in [-0.15, -0.1) is 0 Å². The number of aromatic nitrogens is 1. The van der Waals surface area contributed by atoms with Gasteiger partial charge < -0.3 is 9.64 Å². The number of esters is 1. The van der Waals surface area contributed by atoms with Gasteiger partial charge in [-0.1, -0.05) is 0 Å². The lowest BCUT2D eigenvalue weighted by molar-refractivity contribution is -0.147. The summed E-state index contributed by atoms with van der Waals surface area (Å²) in [5.41, 5.74) is 0.0472. The zero-order valence-electron chi connectivity index (χ0n) is 11.0. The number of halogens is 4. The highest BCUT2D eigenvalue weighted by Crippen LogP contribution is 2.19. The molecule has 0 aliphatic rings. The number of hydrogen-bond acceptors (Lipinski definition) is 4. The standard InChI is InChI=1S/C12H12BrF3N2O3/c1-21-10(19)3-5-18(7-12(14,15)16)11(20)8-2-4-17-9(13)6-8/h2,4,6H,3,5,7H2,1H3. The van der Waals surface area contributed by atoms with E-state index in [9.17, 15) is 22.8 Å². The third-order valence-corrected chi connectivity index (χ3v) is 2.88. The van der Waals surface area contributed by atoms with Gasteiger partial charge >= 0.3 is 12.1 Å². The van der Waals surface area contributed by atoms with E-state index in [2.05, 4.69) is 25.7 Å². The Hall–Kier alpha value is -1.64. The van der Waals surface area contributed by atoms with Gasteiger partial charge in [-0.05, 0) is 28.1 Å². The molecule has 0 aliphatic carbocycles. The zero-order chi connectivity index (χ0) is 16.0. The first-order chi connectivity index (χ1) is 9.73. The van der Waals surface area contributed by atoms with Crippen molar-refractivity contribution in [2.45, 2.75) is 12.6 Å². The van der Waals surface area contributed by atoms with Crippen molar-refractivity contribution in [2.24, 2.45) is 0 Å². The molecule has 0 aromatic carbocycles. The Balaban J connectivity index is 2.89. The van der Waals surface area contributed by atoms with Crippen molar-refractivity contribution in [3.63, 3.8) is 0 Å². The van der Waals surface area contributed by atoms with Gasteiger partial charge in [0.05, 0.1) is 13.5 Å². The molecule has 116 valence electrons. The maximum absolute atomic E-state index is 12.5. The maximum atomic E-state index is 12.5. The number of rotatable bonds is 5. The van der Waals surface area contributed by atoms with Gasteiger partial charge in [-0.2, -0.15) is 13.2 Å². The molecule has 1 aromatic heterocycles. The highest BCUT2D eigenvalue weighted by atomic mass is 79.9. The van der Waals surface area contributed by atoms with Gasteiger partial charge in [0.2, 0.25) is 0 Å². The fourth-order valence-electron chi connectivity index (χ4n) is 1.52. The predicted octanol–water partition coefficient (Wildman–Crippen LogP) is 2.41. The summed E-state index contributed by atoms with van der Waals surface area (Å²) in [5, 5.41) is 0. The van der Waals surface area contributed by atoms with E-state index in [1.807, 2.05) is 0 Å². The molecule has 1 rings (SSSR count). The summed E-state index contributed by atoms with van der Waals surface area (Å²) in [6.45, 7) is -1.83. The number of carbonyl (C=O) groups excluding carboxylic acids is 2. The second-order valence-electron chi connectivity index (χ2n) is 4.04. The molecule has 1 heterocycles. The van der Waals surface area contributed by atoms with Crippen molar-refractivity contribution < 1.29 is 27.5 Å². The smallest absolute Gasteiger partial charge is 0.406 e. The molecule has 5 nitrogen and oxygen atoms in total. The summed E-state index contributed by atoms with van der Waals surface area (Å²) < 4.78 is 42.3. The molecule has 0 bridgehead atoms. The molecule has 0 radical (unpaired) electrons. The Morgan fingerprint density at radius 3 is 2.62 bits per heavy atom. The van der Waals surface area contributed by atoms with Crippen molar-refractivity contribution >= 4 is 27.8 Å². The minimum absolute atomic E-state index is 0.0472. The van der Waals surface area contributed by atoms with Crippen molar-refractivity contribution in [2.75, 3.05) is 20.2 Å². The average molecular weight is 369 g/mol. The predicted molar refractivity (Wildman–Crippen MR) is 70.5 cm³/mol. The first-order valence-corrected chi connectivity index (χ1v) is 6.56. The molecule has 0 saturated carbocycles. The van der Waals surface area contributed by atoms with Crippen LogP contribution in [0.2, 0.25) is 0 Å². The molecule has 9 heteroatoms. The van der Waals surface area contributed by atoms with Crippen LogP contribution in [0.15, 0.2) is 22.9 Å². The van der Waals surface area contributed by atoms with Crippen LogP contribution in [0.5, 0.6) is 0 Å². The number of ether oxygens (including phenoxy) is 1. The van der Waals surface area contributed by atoms with E-state index in [0.29, 0.717) is 9.50 Å². The van der Waals surface area contributed by atoms with Gasteiger partial charge in [0.15, 0.2) is 0 Å². The van der Waals surface area contributed by atoms with Crippen LogP contribution in [-0.4, -0.2) is 48.1 Å². The fourth-order valence-corrected chi connectivity index (χ4v) is 1.88. The molecule has 0 saturated heterocycles. The van der Waals surface area contributed by atoms with E-state index in [4.69, 9.17) is 0 Å². The first kappa shape index (κ1) is 17.4. The van der Waals surface area contributed by atoms with Crippen molar-refractivity contribution in [1.29, 1.82) is 0 Å². The fraction of sp³-hybridized carbons (Fsp3) is 0.417. The quantitative estimate of drug-likeness (QED) is 0.591. The molecule has 1 aromatic rings. The molecule has 1 amide bonds. The highest BCUT2D eigenvalue weighted by molar-refractivity contribution is 9.10. The third-order valence-electron chi connectivity index (χ3n) is 2.44. The number of methoxy groups -OCH3 is 1. The summed E-state index contributed by atoms with van der Waals surface area (Å²) >= 11 is 3.04. The Labute approximate surface area is 127 Å². The van der Waals surface area contributed by atoms with E-state index in [-0.39, 0.29) is 18.5 Å². The van der Waals surface area contributed by atoms with Crippen LogP contribution in [0.3, 0.4) is 0 Å². The largest absolute Gasteiger partial charge is 0.469 e. The Bertz CT molecular complexity index is 523. The molecular weight excluding hydrogens is 357 g/mol. The SMILES string of the molecule is COC(=O)CCN(CC(F)(F)F)C(=O)c1ccnc(Br)c1. The summed E-state index contributed by atoms with van der Waals surface area (Å²) in [6.07, 6.45) is -3.58. The summed E-state index contributed by atoms with van der Waals surface area (Å²) in [7, 11) is 1.12. The number of amides is 1. The van der Waals surface area contributed by atoms with Crippen molar-refractivity contribution in [3.05, 3.63) is 28.5 Å². The number of carbonyl (C=O) groups is 2. The van der Waals surface area contributed by atoms with Gasteiger partial charge in [-0.25, -0.2) is 4.98 Å². The lowest BCUT2D eigenvalue weighted by atomic mass is 10.2. The molecule has 0 aliphatic heterocycles. The highest BCUT2D eigenvalue weighted by Gasteiger charge is 2.33. The van der Waals surface area contributed by atoms with Crippen LogP contribution < -0.4 is 0 Å². The summed E-state index contributed by atoms with van der Waals surface area (Å²) in [5.74, 6) is -1.52. The summed E-state index contributed by atoms with van der Waals surface area (Å²) in [4.78, 5) is 27.5. The maximum Gasteiger partial charge on any atom is 0.406 e. The second-order valence-corrected chi connectivity index (χ2v) is 4.85. The average Bonchev–Trinajstić information content (AvgIpc) is 2.41. The van der Waals surface area contributed by atoms with Crippen LogP contribution in [0, 0.1) is 0 Å². The summed E-state index contributed by atoms with van der Waals surface area (Å²) in [6, 6.07) is 2.61. The Morgan fingerprint density at radius 2 is 2.10 bits per heavy atom. The van der Waals surface area contributed by atoms with Gasteiger partial charge in [-0.3, -0.25) is 9.59 Å². The first-order valence-electron chi connectivity index (χ1n) is 5.77. The van der Waals surface area contributed by atoms with Crippen LogP contribution in [0.4, 0.5) is 13.2 Å². The number of hydrogen-bond donors (Lipinski definition) is 0. The van der Waals surface area contributed by atoms with E-state index in [1.165, 1.54) is 18.3 Å². The van der Waals surface area contributed by atoms with E-state index in [1.54, 1.807) is 0 Å². The lowest BCUT2D eigenvalue weighted by Gasteiger charge is -2.23.